The Morgan fingerprint density at radius 2 is 2.14 bits per heavy atom. The van der Waals surface area contributed by atoms with Crippen molar-refractivity contribution in [2.24, 2.45) is 5.92 Å². The molecule has 8 heteroatoms. The predicted octanol–water partition coefficient (Wildman–Crippen LogP) is 2.00. The zero-order chi connectivity index (χ0) is 15.2. The van der Waals surface area contributed by atoms with E-state index in [0.717, 1.165) is 6.42 Å². The number of carbonyl (C=O) groups excluding carboxylic acids is 1. The van der Waals surface area contributed by atoms with E-state index >= 15 is 0 Å². The molecule has 21 heavy (non-hydrogen) atoms. The Morgan fingerprint density at radius 1 is 1.38 bits per heavy atom. The first-order valence-electron chi connectivity index (χ1n) is 6.66. The Balaban J connectivity index is 1.97. The van der Waals surface area contributed by atoms with Crippen molar-refractivity contribution in [3.8, 4) is 0 Å². The third-order valence-corrected chi connectivity index (χ3v) is 7.18. The van der Waals surface area contributed by atoms with E-state index in [1.807, 2.05) is 0 Å². The van der Waals surface area contributed by atoms with Crippen molar-refractivity contribution in [1.82, 2.24) is 9.62 Å². The Morgan fingerprint density at radius 3 is 2.86 bits per heavy atom. The second-order valence-corrected chi connectivity index (χ2v) is 8.40. The van der Waals surface area contributed by atoms with Crippen molar-refractivity contribution in [3.63, 3.8) is 0 Å². The molecule has 5 nitrogen and oxygen atoms in total. The average Bonchev–Trinajstić information content (AvgIpc) is 2.83. The number of hydrogen-bond donors (Lipinski definition) is 1. The molecule has 0 saturated carbocycles. The number of carbonyl (C=O) groups is 1. The van der Waals surface area contributed by atoms with E-state index in [4.69, 9.17) is 11.6 Å². The Hall–Kier alpha value is -0.630. The van der Waals surface area contributed by atoms with Crippen LogP contribution in [0.15, 0.2) is 27.6 Å². The van der Waals surface area contributed by atoms with Gasteiger partial charge in [0.05, 0.1) is 21.9 Å². The number of sulfonamides is 1. The van der Waals surface area contributed by atoms with E-state index in [1.54, 1.807) is 6.07 Å². The molecule has 1 aromatic carbocycles. The summed E-state index contributed by atoms with van der Waals surface area (Å²) in [6.07, 6.45) is 1.44. The van der Waals surface area contributed by atoms with E-state index < -0.39 is 10.0 Å². The molecule has 2 fully saturated rings. The topological polar surface area (TPSA) is 66.5 Å². The van der Waals surface area contributed by atoms with Crippen molar-refractivity contribution < 1.29 is 13.2 Å². The third-order valence-electron chi connectivity index (χ3n) is 4.05. The summed E-state index contributed by atoms with van der Waals surface area (Å²) >= 11 is 9.16. The van der Waals surface area contributed by atoms with Gasteiger partial charge in [-0.25, -0.2) is 8.42 Å². The first-order chi connectivity index (χ1) is 9.91. The fraction of sp³-hybridized carbons (Fsp3) is 0.462. The minimum Gasteiger partial charge on any atom is -0.354 e. The first kappa shape index (κ1) is 15.3. The fourth-order valence-corrected chi connectivity index (χ4v) is 5.36. The van der Waals surface area contributed by atoms with E-state index in [0.29, 0.717) is 29.0 Å². The van der Waals surface area contributed by atoms with Crippen LogP contribution < -0.4 is 5.32 Å². The zero-order valence-corrected chi connectivity index (χ0v) is 14.2. The lowest BCUT2D eigenvalue weighted by Crippen LogP contribution is -2.48. The SMILES string of the molecule is O=C1NCC2C1CCCN2S(=O)(=O)c1ccc(Cl)c(Br)c1. The van der Waals surface area contributed by atoms with Gasteiger partial charge in [0.1, 0.15) is 0 Å². The Labute approximate surface area is 136 Å². The summed E-state index contributed by atoms with van der Waals surface area (Å²) < 4.78 is 27.6. The van der Waals surface area contributed by atoms with Crippen molar-refractivity contribution in [2.45, 2.75) is 23.8 Å². The van der Waals surface area contributed by atoms with E-state index in [-0.39, 0.29) is 22.8 Å². The highest BCUT2D eigenvalue weighted by atomic mass is 79.9. The molecule has 114 valence electrons. The van der Waals surface area contributed by atoms with Crippen molar-refractivity contribution >= 4 is 43.5 Å². The molecular formula is C13H14BrClN2O3S. The molecule has 3 rings (SSSR count). The van der Waals surface area contributed by atoms with Crippen molar-refractivity contribution in [2.75, 3.05) is 13.1 Å². The molecule has 1 amide bonds. The van der Waals surface area contributed by atoms with E-state index in [9.17, 15) is 13.2 Å². The summed E-state index contributed by atoms with van der Waals surface area (Å²) in [6, 6.07) is 4.27. The van der Waals surface area contributed by atoms with Gasteiger partial charge in [0.25, 0.3) is 0 Å². The van der Waals surface area contributed by atoms with Gasteiger partial charge in [-0.15, -0.1) is 0 Å². The monoisotopic (exact) mass is 392 g/mol. The van der Waals surface area contributed by atoms with Gasteiger partial charge in [-0.1, -0.05) is 11.6 Å². The average molecular weight is 394 g/mol. The van der Waals surface area contributed by atoms with Crippen LogP contribution in [-0.2, 0) is 14.8 Å². The molecule has 0 aliphatic carbocycles. The lowest BCUT2D eigenvalue weighted by molar-refractivity contribution is -0.123. The molecule has 2 saturated heterocycles. The van der Waals surface area contributed by atoms with Crippen molar-refractivity contribution in [3.05, 3.63) is 27.7 Å². The summed E-state index contributed by atoms with van der Waals surface area (Å²) in [5.41, 5.74) is 0. The van der Waals surface area contributed by atoms with Crippen molar-refractivity contribution in [1.29, 1.82) is 0 Å². The number of nitrogens with zero attached hydrogens (tertiary/aromatic N) is 1. The number of amides is 1. The van der Waals surface area contributed by atoms with E-state index in [2.05, 4.69) is 21.2 Å². The van der Waals surface area contributed by atoms with Gasteiger partial charge in [0.15, 0.2) is 0 Å². The molecule has 2 aliphatic rings. The van der Waals surface area contributed by atoms with Gasteiger partial charge in [-0.05, 0) is 47.0 Å². The Kier molecular flexibility index (Phi) is 4.02. The smallest absolute Gasteiger partial charge is 0.243 e. The second kappa shape index (κ2) is 5.53. The van der Waals surface area contributed by atoms with Crippen LogP contribution in [0.2, 0.25) is 5.02 Å². The van der Waals surface area contributed by atoms with Gasteiger partial charge in [0, 0.05) is 17.6 Å². The third kappa shape index (κ3) is 2.60. The Bertz CT molecular complexity index is 695. The number of nitrogens with one attached hydrogen (secondary N) is 1. The maximum Gasteiger partial charge on any atom is 0.243 e. The standard InChI is InChI=1S/C13H14BrClN2O3S/c14-10-6-8(3-4-11(10)15)21(19,20)17-5-1-2-9-12(17)7-16-13(9)18/h3-4,6,9,12H,1-2,5,7H2,(H,16,18). The summed E-state index contributed by atoms with van der Waals surface area (Å²) in [6.45, 7) is 0.830. The van der Waals surface area contributed by atoms with Crippen LogP contribution in [0.25, 0.3) is 0 Å². The number of benzene rings is 1. The number of halogens is 2. The van der Waals surface area contributed by atoms with E-state index in [1.165, 1.54) is 16.4 Å². The van der Waals surface area contributed by atoms with Crippen LogP contribution in [-0.4, -0.2) is 37.8 Å². The van der Waals surface area contributed by atoms with Gasteiger partial charge >= 0.3 is 0 Å². The molecule has 1 N–H and O–H groups in total. The molecule has 0 spiro atoms. The number of fused-ring (bicyclic) bond motifs is 1. The molecule has 2 unspecified atom stereocenters. The van der Waals surface area contributed by atoms with Crippen LogP contribution in [0, 0.1) is 5.92 Å². The van der Waals surface area contributed by atoms with Gasteiger partial charge in [-0.2, -0.15) is 4.31 Å². The summed E-state index contributed by atoms with van der Waals surface area (Å²) in [4.78, 5) is 12.0. The minimum atomic E-state index is -3.63. The first-order valence-corrected chi connectivity index (χ1v) is 9.27. The number of hydrogen-bond acceptors (Lipinski definition) is 3. The van der Waals surface area contributed by atoms with Crippen LogP contribution in [0.3, 0.4) is 0 Å². The summed E-state index contributed by atoms with van der Waals surface area (Å²) in [5, 5.41) is 3.22. The maximum absolute atomic E-state index is 12.8. The predicted molar refractivity (Wildman–Crippen MR) is 82.6 cm³/mol. The molecule has 2 heterocycles. The van der Waals surface area contributed by atoms with Gasteiger partial charge in [0.2, 0.25) is 15.9 Å². The molecule has 2 aliphatic heterocycles. The molecule has 1 aromatic rings. The van der Waals surface area contributed by atoms with Crippen LogP contribution in [0.5, 0.6) is 0 Å². The van der Waals surface area contributed by atoms with Gasteiger partial charge in [-0.3, -0.25) is 4.79 Å². The lowest BCUT2D eigenvalue weighted by Gasteiger charge is -2.34. The molecular weight excluding hydrogens is 380 g/mol. The minimum absolute atomic E-state index is 0.0443. The largest absolute Gasteiger partial charge is 0.354 e. The highest BCUT2D eigenvalue weighted by Crippen LogP contribution is 2.33. The zero-order valence-electron chi connectivity index (χ0n) is 11.1. The highest BCUT2D eigenvalue weighted by Gasteiger charge is 2.45. The van der Waals surface area contributed by atoms with Gasteiger partial charge < -0.3 is 5.32 Å². The molecule has 0 bridgehead atoms. The normalized spacial score (nSPS) is 26.5. The summed E-state index contributed by atoms with van der Waals surface area (Å²) in [5.74, 6) is -0.276. The van der Waals surface area contributed by atoms with Crippen LogP contribution >= 0.6 is 27.5 Å². The molecule has 0 radical (unpaired) electrons. The second-order valence-electron chi connectivity index (χ2n) is 5.25. The maximum atomic E-state index is 12.8. The van der Waals surface area contributed by atoms with Crippen LogP contribution in [0.4, 0.5) is 0 Å². The number of piperidine rings is 1. The molecule has 0 aromatic heterocycles. The van der Waals surface area contributed by atoms with Crippen LogP contribution in [0.1, 0.15) is 12.8 Å². The molecule has 2 atom stereocenters. The highest BCUT2D eigenvalue weighted by molar-refractivity contribution is 9.10. The summed E-state index contributed by atoms with van der Waals surface area (Å²) in [7, 11) is -3.63. The fourth-order valence-electron chi connectivity index (χ4n) is 2.98. The number of rotatable bonds is 2. The lowest BCUT2D eigenvalue weighted by atomic mass is 9.93. The quantitative estimate of drug-likeness (QED) is 0.836.